The van der Waals surface area contributed by atoms with Crippen molar-refractivity contribution in [2.75, 3.05) is 43.6 Å². The molecule has 208 valence electrons. The molecular weight excluding hydrogens is 504 g/mol. The Morgan fingerprint density at radius 2 is 1.90 bits per heavy atom. The van der Waals surface area contributed by atoms with E-state index in [4.69, 9.17) is 10.7 Å². The number of hydrogen-bond donors (Lipinski definition) is 3. The van der Waals surface area contributed by atoms with E-state index in [1.807, 2.05) is 65.7 Å². The van der Waals surface area contributed by atoms with Gasteiger partial charge in [0.05, 0.1) is 6.20 Å². The van der Waals surface area contributed by atoms with Crippen LogP contribution in [0.15, 0.2) is 60.8 Å². The fourth-order valence-corrected chi connectivity index (χ4v) is 5.05. The molecule has 1 aliphatic heterocycles. The summed E-state index contributed by atoms with van der Waals surface area (Å²) in [5, 5.41) is 11.4. The van der Waals surface area contributed by atoms with Crippen molar-refractivity contribution >= 4 is 46.5 Å². The molecule has 5 rings (SSSR count). The van der Waals surface area contributed by atoms with E-state index in [0.717, 1.165) is 67.6 Å². The minimum Gasteiger partial charge on any atom is -0.399 e. The Kier molecular flexibility index (Phi) is 8.26. The summed E-state index contributed by atoms with van der Waals surface area (Å²) in [7, 11) is 4.11. The Morgan fingerprint density at radius 1 is 1.10 bits per heavy atom. The predicted octanol–water partition coefficient (Wildman–Crippen LogP) is 4.49. The van der Waals surface area contributed by atoms with Gasteiger partial charge < -0.3 is 31.0 Å². The van der Waals surface area contributed by atoms with Gasteiger partial charge in [0.25, 0.3) is 5.91 Å². The predicted molar refractivity (Wildman–Crippen MR) is 158 cm³/mol. The number of fused-ring (bicyclic) bond motifs is 1. The normalized spacial score (nSPS) is 15.1. The monoisotopic (exact) mass is 540 g/mol. The number of aromatic nitrogens is 3. The van der Waals surface area contributed by atoms with Crippen molar-refractivity contribution in [3.8, 4) is 0 Å². The van der Waals surface area contributed by atoms with Crippen molar-refractivity contribution in [2.45, 2.75) is 38.1 Å². The van der Waals surface area contributed by atoms with E-state index < -0.39 is 0 Å². The van der Waals surface area contributed by atoms with Crippen molar-refractivity contribution in [2.24, 2.45) is 0 Å². The van der Waals surface area contributed by atoms with E-state index in [9.17, 15) is 9.59 Å². The number of aryl methyl sites for hydroxylation is 1. The van der Waals surface area contributed by atoms with Crippen LogP contribution in [0.4, 0.5) is 28.7 Å². The SMILES string of the molecule is CN(C)C1CCN(C(=O)c2cccc(Nc3cc(Nc4cccc(N)c4)nc4c(CCCCC=O)cnn34)c2)C1. The number of nitrogens with two attached hydrogens (primary N) is 1. The average molecular weight is 541 g/mol. The second-order valence-corrected chi connectivity index (χ2v) is 10.5. The summed E-state index contributed by atoms with van der Waals surface area (Å²) in [5.74, 6) is 1.37. The summed E-state index contributed by atoms with van der Waals surface area (Å²) in [5.41, 5.74) is 10.6. The maximum absolute atomic E-state index is 13.3. The molecule has 0 bridgehead atoms. The van der Waals surface area contributed by atoms with Crippen LogP contribution in [0.5, 0.6) is 0 Å². The van der Waals surface area contributed by atoms with E-state index in [0.29, 0.717) is 35.3 Å². The highest BCUT2D eigenvalue weighted by molar-refractivity contribution is 5.95. The van der Waals surface area contributed by atoms with Gasteiger partial charge in [0, 0.05) is 59.8 Å². The van der Waals surface area contributed by atoms with Crippen molar-refractivity contribution in [1.29, 1.82) is 0 Å². The summed E-state index contributed by atoms with van der Waals surface area (Å²) >= 11 is 0. The number of anilines is 5. The second-order valence-electron chi connectivity index (χ2n) is 10.5. The van der Waals surface area contributed by atoms with Crippen LogP contribution in [0.2, 0.25) is 0 Å². The summed E-state index contributed by atoms with van der Waals surface area (Å²) in [6.45, 7) is 1.49. The molecule has 2 aromatic heterocycles. The molecule has 1 fully saturated rings. The first-order valence-electron chi connectivity index (χ1n) is 13.7. The Balaban J connectivity index is 1.43. The molecule has 1 amide bonds. The van der Waals surface area contributed by atoms with Gasteiger partial charge in [-0.3, -0.25) is 4.79 Å². The van der Waals surface area contributed by atoms with Crippen LogP contribution in [0.1, 0.15) is 41.6 Å². The van der Waals surface area contributed by atoms with Crippen LogP contribution >= 0.6 is 0 Å². The molecule has 40 heavy (non-hydrogen) atoms. The smallest absolute Gasteiger partial charge is 0.253 e. The zero-order valence-corrected chi connectivity index (χ0v) is 23.0. The number of rotatable bonds is 11. The summed E-state index contributed by atoms with van der Waals surface area (Å²) in [6, 6.07) is 17.3. The molecular formula is C30H36N8O2. The first kappa shape index (κ1) is 27.1. The molecule has 2 aromatic carbocycles. The third kappa shape index (κ3) is 6.23. The van der Waals surface area contributed by atoms with Gasteiger partial charge in [-0.25, -0.2) is 4.98 Å². The number of unbranched alkanes of at least 4 members (excludes halogenated alkanes) is 2. The van der Waals surface area contributed by atoms with E-state index in [2.05, 4.69) is 34.7 Å². The van der Waals surface area contributed by atoms with Gasteiger partial charge in [-0.15, -0.1) is 0 Å². The van der Waals surface area contributed by atoms with Crippen LogP contribution in [0, 0.1) is 0 Å². The van der Waals surface area contributed by atoms with Crippen LogP contribution in [0.25, 0.3) is 5.65 Å². The maximum atomic E-state index is 13.3. The zero-order chi connectivity index (χ0) is 28.1. The van der Waals surface area contributed by atoms with E-state index in [1.54, 1.807) is 4.52 Å². The Bertz CT molecular complexity index is 1500. The molecule has 4 N–H and O–H groups in total. The van der Waals surface area contributed by atoms with Crippen LogP contribution in [-0.2, 0) is 11.2 Å². The largest absolute Gasteiger partial charge is 0.399 e. The van der Waals surface area contributed by atoms with E-state index in [1.165, 1.54) is 0 Å². The van der Waals surface area contributed by atoms with Crippen molar-refractivity contribution in [3.63, 3.8) is 0 Å². The Hall–Kier alpha value is -4.44. The molecule has 0 aliphatic carbocycles. The number of amides is 1. The number of nitrogens with one attached hydrogen (secondary N) is 2. The third-order valence-corrected chi connectivity index (χ3v) is 7.28. The maximum Gasteiger partial charge on any atom is 0.253 e. The molecule has 0 radical (unpaired) electrons. The molecule has 1 aliphatic rings. The van der Waals surface area contributed by atoms with E-state index >= 15 is 0 Å². The number of hydrogen-bond acceptors (Lipinski definition) is 8. The summed E-state index contributed by atoms with van der Waals surface area (Å²) in [6.07, 6.45) is 6.75. The highest BCUT2D eigenvalue weighted by Crippen LogP contribution is 2.27. The summed E-state index contributed by atoms with van der Waals surface area (Å²) in [4.78, 5) is 33.0. The summed E-state index contributed by atoms with van der Waals surface area (Å²) < 4.78 is 1.77. The van der Waals surface area contributed by atoms with Crippen molar-refractivity contribution < 1.29 is 9.59 Å². The number of carbonyl (C=O) groups excluding carboxylic acids is 2. The van der Waals surface area contributed by atoms with Gasteiger partial charge in [-0.1, -0.05) is 12.1 Å². The number of aldehydes is 1. The minimum absolute atomic E-state index is 0.0357. The zero-order valence-electron chi connectivity index (χ0n) is 23.0. The Labute approximate surface area is 234 Å². The van der Waals surface area contributed by atoms with Gasteiger partial charge in [0.15, 0.2) is 5.65 Å². The molecule has 0 spiro atoms. The molecule has 10 nitrogen and oxygen atoms in total. The average Bonchev–Trinajstić information content (AvgIpc) is 3.59. The standard InChI is InChI=1S/C30H36N8O2/c1-36(2)26-13-14-37(20-26)30(40)21-9-6-11-24(16-21)34-28-18-27(33-25-12-7-10-23(31)17-25)35-29-22(19-32-38(28)29)8-4-3-5-15-39/h6-7,9-12,15-19,26,34H,3-5,8,13-14,20,31H2,1-2H3,(H,33,35). The van der Waals surface area contributed by atoms with Gasteiger partial charge >= 0.3 is 0 Å². The lowest BCUT2D eigenvalue weighted by Crippen LogP contribution is -2.34. The molecule has 1 atom stereocenters. The van der Waals surface area contributed by atoms with Gasteiger partial charge in [0.2, 0.25) is 0 Å². The number of likely N-dealkylation sites (tertiary alicyclic amines) is 1. The van der Waals surface area contributed by atoms with Crippen LogP contribution in [0.3, 0.4) is 0 Å². The number of nitrogen functional groups attached to an aromatic ring is 1. The number of nitrogens with zero attached hydrogens (tertiary/aromatic N) is 5. The lowest BCUT2D eigenvalue weighted by atomic mass is 10.1. The highest BCUT2D eigenvalue weighted by atomic mass is 16.2. The number of benzene rings is 2. The third-order valence-electron chi connectivity index (χ3n) is 7.28. The molecule has 1 saturated heterocycles. The minimum atomic E-state index is 0.0357. The lowest BCUT2D eigenvalue weighted by molar-refractivity contribution is -0.107. The lowest BCUT2D eigenvalue weighted by Gasteiger charge is -2.20. The molecule has 3 heterocycles. The molecule has 1 unspecified atom stereocenters. The van der Waals surface area contributed by atoms with E-state index in [-0.39, 0.29) is 5.91 Å². The molecule has 0 saturated carbocycles. The fourth-order valence-electron chi connectivity index (χ4n) is 5.05. The first-order valence-corrected chi connectivity index (χ1v) is 13.7. The van der Waals surface area contributed by atoms with Crippen molar-refractivity contribution in [1.82, 2.24) is 24.4 Å². The highest BCUT2D eigenvalue weighted by Gasteiger charge is 2.28. The quantitative estimate of drug-likeness (QED) is 0.145. The van der Waals surface area contributed by atoms with Gasteiger partial charge in [0.1, 0.15) is 17.9 Å². The van der Waals surface area contributed by atoms with Gasteiger partial charge in [-0.05, 0) is 76.2 Å². The molecule has 4 aromatic rings. The fraction of sp³-hybridized carbons (Fsp3) is 0.333. The second kappa shape index (κ2) is 12.2. The van der Waals surface area contributed by atoms with Crippen LogP contribution in [-0.4, -0.2) is 69.8 Å². The molecule has 10 heteroatoms. The Morgan fingerprint density at radius 3 is 2.65 bits per heavy atom. The van der Waals surface area contributed by atoms with Gasteiger partial charge in [-0.2, -0.15) is 9.61 Å². The number of carbonyl (C=O) groups is 2. The first-order chi connectivity index (χ1) is 19.4. The topological polar surface area (TPSA) is 121 Å². The van der Waals surface area contributed by atoms with Crippen molar-refractivity contribution in [3.05, 3.63) is 71.9 Å². The number of likely N-dealkylation sites (N-methyl/N-ethyl adjacent to an activating group) is 1. The van der Waals surface area contributed by atoms with Crippen LogP contribution < -0.4 is 16.4 Å².